The zero-order valence-corrected chi connectivity index (χ0v) is 23.6. The first-order valence-electron chi connectivity index (χ1n) is 12.8. The number of hydrogen-bond acceptors (Lipinski definition) is 4. The molecule has 0 amide bonds. The lowest BCUT2D eigenvalue weighted by Crippen LogP contribution is -2.34. The third-order valence-electron chi connectivity index (χ3n) is 6.66. The highest BCUT2D eigenvalue weighted by Crippen LogP contribution is 2.50. The number of hydrogen-bond donors (Lipinski definition) is 0. The van der Waals surface area contributed by atoms with Crippen molar-refractivity contribution in [3.05, 3.63) is 134 Å². The van der Waals surface area contributed by atoms with Gasteiger partial charge in [0.2, 0.25) is 0 Å². The van der Waals surface area contributed by atoms with Crippen LogP contribution in [0.25, 0.3) is 0 Å². The smallest absolute Gasteiger partial charge is 0.261 e. The number of allylic oxidation sites excluding steroid dienone is 1. The fourth-order valence-corrected chi connectivity index (χ4v) is 9.21. The molecule has 0 N–H and O–H groups in total. The zero-order valence-electron chi connectivity index (χ0n) is 21.8. The van der Waals surface area contributed by atoms with E-state index in [1.54, 1.807) is 6.08 Å². The molecule has 4 aromatic carbocycles. The topological polar surface area (TPSA) is 52.6 Å². The molecule has 0 saturated heterocycles. The van der Waals surface area contributed by atoms with Gasteiger partial charge in [0.05, 0.1) is 12.2 Å². The average molecular weight is 545 g/mol. The van der Waals surface area contributed by atoms with Gasteiger partial charge in [-0.3, -0.25) is 9.13 Å². The highest BCUT2D eigenvalue weighted by atomic mass is 31.2. The summed E-state index contributed by atoms with van der Waals surface area (Å²) in [7, 11) is -6.85. The second kappa shape index (κ2) is 12.7. The first-order chi connectivity index (χ1) is 18.4. The SMILES string of the molecule is C=CCC(C(C)OP(=O)(c1ccccc1)c1ccccc1)C(C)OP(=O)(c1ccccc1)c1ccccc1. The van der Waals surface area contributed by atoms with Crippen LogP contribution in [0, 0.1) is 5.92 Å². The van der Waals surface area contributed by atoms with Gasteiger partial charge in [-0.05, 0) is 68.8 Å². The van der Waals surface area contributed by atoms with Crippen molar-refractivity contribution in [3.63, 3.8) is 0 Å². The quantitative estimate of drug-likeness (QED) is 0.145. The van der Waals surface area contributed by atoms with Crippen LogP contribution in [-0.4, -0.2) is 12.2 Å². The van der Waals surface area contributed by atoms with E-state index in [-0.39, 0.29) is 5.92 Å². The van der Waals surface area contributed by atoms with Gasteiger partial charge in [0.15, 0.2) is 0 Å². The minimum atomic E-state index is -3.42. The van der Waals surface area contributed by atoms with Crippen LogP contribution in [0.3, 0.4) is 0 Å². The van der Waals surface area contributed by atoms with E-state index in [0.29, 0.717) is 27.6 Å². The van der Waals surface area contributed by atoms with Crippen molar-refractivity contribution in [2.24, 2.45) is 5.92 Å². The minimum Gasteiger partial charge on any atom is -0.319 e. The summed E-state index contributed by atoms with van der Waals surface area (Å²) in [4.78, 5) is 0. The summed E-state index contributed by atoms with van der Waals surface area (Å²) in [6, 6.07) is 37.2. The van der Waals surface area contributed by atoms with Crippen molar-refractivity contribution in [2.45, 2.75) is 32.5 Å². The van der Waals surface area contributed by atoms with Gasteiger partial charge in [-0.25, -0.2) is 0 Å². The van der Waals surface area contributed by atoms with E-state index in [1.165, 1.54) is 0 Å². The van der Waals surface area contributed by atoms with Crippen LogP contribution in [0.5, 0.6) is 0 Å². The maximum Gasteiger partial charge on any atom is 0.261 e. The van der Waals surface area contributed by atoms with E-state index in [1.807, 2.05) is 135 Å². The Morgan fingerprint density at radius 1 is 0.579 bits per heavy atom. The van der Waals surface area contributed by atoms with Crippen molar-refractivity contribution in [2.75, 3.05) is 0 Å². The van der Waals surface area contributed by atoms with Crippen LogP contribution in [-0.2, 0) is 18.2 Å². The summed E-state index contributed by atoms with van der Waals surface area (Å²) in [6.45, 7) is 7.75. The Bertz CT molecular complexity index is 1200. The van der Waals surface area contributed by atoms with Crippen molar-refractivity contribution < 1.29 is 18.2 Å². The molecule has 0 bridgehead atoms. The molecule has 4 nitrogen and oxygen atoms in total. The van der Waals surface area contributed by atoms with Crippen LogP contribution < -0.4 is 21.2 Å². The second-order valence-electron chi connectivity index (χ2n) is 9.25. The van der Waals surface area contributed by atoms with Gasteiger partial charge in [0, 0.05) is 27.1 Å². The van der Waals surface area contributed by atoms with Gasteiger partial charge in [0.1, 0.15) is 0 Å². The molecule has 0 saturated carbocycles. The third kappa shape index (κ3) is 6.17. The zero-order chi connectivity index (χ0) is 27.0. The highest BCUT2D eigenvalue weighted by Gasteiger charge is 2.38. The first-order valence-corrected chi connectivity index (χ1v) is 16.0. The molecule has 0 aliphatic heterocycles. The average Bonchev–Trinajstić information content (AvgIpc) is 2.97. The highest BCUT2D eigenvalue weighted by molar-refractivity contribution is 7.74. The predicted octanol–water partition coefficient (Wildman–Crippen LogP) is 6.85. The van der Waals surface area contributed by atoms with E-state index >= 15 is 0 Å². The van der Waals surface area contributed by atoms with Crippen molar-refractivity contribution in [3.8, 4) is 0 Å². The van der Waals surface area contributed by atoms with E-state index in [4.69, 9.17) is 9.05 Å². The summed E-state index contributed by atoms with van der Waals surface area (Å²) < 4.78 is 42.1. The van der Waals surface area contributed by atoms with E-state index in [0.717, 1.165) is 0 Å². The molecule has 0 heterocycles. The maximum absolute atomic E-state index is 14.5. The fourth-order valence-electron chi connectivity index (χ4n) is 4.62. The molecule has 2 atom stereocenters. The summed E-state index contributed by atoms with van der Waals surface area (Å²) in [5, 5.41) is 2.51. The van der Waals surface area contributed by atoms with Crippen LogP contribution in [0.4, 0.5) is 0 Å². The van der Waals surface area contributed by atoms with Crippen LogP contribution >= 0.6 is 14.7 Å². The molecular formula is C32H34O4P2. The van der Waals surface area contributed by atoms with Crippen LogP contribution in [0.1, 0.15) is 20.3 Å². The Morgan fingerprint density at radius 3 is 1.08 bits per heavy atom. The van der Waals surface area contributed by atoms with Gasteiger partial charge in [-0.2, -0.15) is 0 Å². The predicted molar refractivity (Wildman–Crippen MR) is 159 cm³/mol. The molecule has 196 valence electrons. The number of rotatable bonds is 12. The Hall–Kier alpha value is -3.00. The van der Waals surface area contributed by atoms with Gasteiger partial charge in [-0.15, -0.1) is 6.58 Å². The first kappa shape index (κ1) is 28.0. The summed E-state index contributed by atoms with van der Waals surface area (Å²) in [5.41, 5.74) is 0. The molecule has 0 aromatic heterocycles. The van der Waals surface area contributed by atoms with Gasteiger partial charge in [-0.1, -0.05) is 78.9 Å². The Labute approximate surface area is 226 Å². The Balaban J connectivity index is 1.68. The maximum atomic E-state index is 14.5. The standard InChI is InChI=1S/C32H34O4P2/c1-4-17-32(26(2)35-37(33,28-18-9-5-10-19-28)29-20-11-6-12-21-29)27(3)36-38(34,30-22-13-7-14-23-30)31-24-15-8-16-25-31/h4-16,18-27,32H,1,17H2,2-3H3. The fraction of sp³-hybridized carbons (Fsp3) is 0.188. The van der Waals surface area contributed by atoms with E-state index in [9.17, 15) is 9.13 Å². The molecule has 6 heteroatoms. The third-order valence-corrected chi connectivity index (χ3v) is 11.8. The lowest BCUT2D eigenvalue weighted by atomic mass is 9.94. The van der Waals surface area contributed by atoms with Crippen molar-refractivity contribution >= 4 is 36.0 Å². The van der Waals surface area contributed by atoms with E-state index < -0.39 is 26.9 Å². The molecular weight excluding hydrogens is 510 g/mol. The minimum absolute atomic E-state index is 0.256. The van der Waals surface area contributed by atoms with Gasteiger partial charge < -0.3 is 9.05 Å². The molecule has 2 unspecified atom stereocenters. The molecule has 38 heavy (non-hydrogen) atoms. The van der Waals surface area contributed by atoms with Gasteiger partial charge >= 0.3 is 0 Å². The lowest BCUT2D eigenvalue weighted by Gasteiger charge is -2.34. The number of benzene rings is 4. The van der Waals surface area contributed by atoms with Gasteiger partial charge in [0.25, 0.3) is 14.7 Å². The summed E-state index contributed by atoms with van der Waals surface area (Å²) in [5.74, 6) is -0.256. The molecule has 0 aliphatic rings. The Kier molecular flexibility index (Phi) is 9.36. The molecule has 0 radical (unpaired) electrons. The summed E-state index contributed by atoms with van der Waals surface area (Å²) in [6.07, 6.45) is 1.36. The summed E-state index contributed by atoms with van der Waals surface area (Å²) >= 11 is 0. The van der Waals surface area contributed by atoms with Crippen molar-refractivity contribution in [1.29, 1.82) is 0 Å². The molecule has 4 aromatic rings. The monoisotopic (exact) mass is 544 g/mol. The normalized spacial score (nSPS) is 14.4. The molecule has 0 aliphatic carbocycles. The molecule has 0 fully saturated rings. The van der Waals surface area contributed by atoms with Crippen molar-refractivity contribution in [1.82, 2.24) is 0 Å². The van der Waals surface area contributed by atoms with Crippen LogP contribution in [0.15, 0.2) is 134 Å². The van der Waals surface area contributed by atoms with Crippen LogP contribution in [0.2, 0.25) is 0 Å². The van der Waals surface area contributed by atoms with E-state index in [2.05, 4.69) is 6.58 Å². The second-order valence-corrected chi connectivity index (χ2v) is 13.9. The Morgan fingerprint density at radius 2 is 0.842 bits per heavy atom. The molecule has 4 rings (SSSR count). The molecule has 0 spiro atoms. The largest absolute Gasteiger partial charge is 0.319 e. The lowest BCUT2D eigenvalue weighted by molar-refractivity contribution is 0.0693.